The lowest BCUT2D eigenvalue weighted by Crippen LogP contribution is -2.60. The molecule has 1 fully saturated rings. The zero-order chi connectivity index (χ0) is 18.7. The van der Waals surface area contributed by atoms with Crippen LogP contribution in [0.25, 0.3) is 0 Å². The molecule has 0 radical (unpaired) electrons. The van der Waals surface area contributed by atoms with Crippen molar-refractivity contribution in [3.8, 4) is 0 Å². The van der Waals surface area contributed by atoms with Crippen LogP contribution in [0.1, 0.15) is 33.6 Å². The van der Waals surface area contributed by atoms with E-state index in [0.29, 0.717) is 0 Å². The minimum absolute atomic E-state index is 0.198. The molecule has 0 saturated carbocycles. The average molecular weight is 350 g/mol. The predicted octanol–water partition coefficient (Wildman–Crippen LogP) is -1.34. The minimum atomic E-state index is -1.53. The van der Waals surface area contributed by atoms with Crippen LogP contribution in [-0.4, -0.2) is 85.3 Å². The standard InChI is InChI=1S/C16H30O8/c1-5-16(4,7-6-10(18)15(2,3)22)24-14-13(21)12(20)11(19)9(8-17)23-14/h5,9-14,17-22H,1,6-8H2,2-4H3/t9-,10+,11-,12+,13-,14-,16-/m1/s1. The third kappa shape index (κ3) is 5.21. The SMILES string of the molecule is C=C[C@](C)(CC[C@H](O)C(C)(C)O)O[C@H]1O[C@H](CO)[C@@H](O)[C@H](O)[C@H]1O. The largest absolute Gasteiger partial charge is 0.394 e. The summed E-state index contributed by atoms with van der Waals surface area (Å²) in [7, 11) is 0. The van der Waals surface area contributed by atoms with Crippen molar-refractivity contribution in [1.82, 2.24) is 0 Å². The lowest BCUT2D eigenvalue weighted by Gasteiger charge is -2.43. The lowest BCUT2D eigenvalue weighted by atomic mass is 9.91. The Morgan fingerprint density at radius 2 is 1.75 bits per heavy atom. The molecule has 1 aliphatic rings. The smallest absolute Gasteiger partial charge is 0.187 e. The van der Waals surface area contributed by atoms with Crippen LogP contribution in [0.15, 0.2) is 12.7 Å². The second kappa shape index (κ2) is 8.20. The van der Waals surface area contributed by atoms with Crippen molar-refractivity contribution < 1.29 is 40.1 Å². The quantitative estimate of drug-likeness (QED) is 0.296. The van der Waals surface area contributed by atoms with Gasteiger partial charge in [-0.25, -0.2) is 0 Å². The number of aliphatic hydroxyl groups is 6. The van der Waals surface area contributed by atoms with Crippen LogP contribution < -0.4 is 0 Å². The molecule has 24 heavy (non-hydrogen) atoms. The molecule has 0 aromatic carbocycles. The third-order valence-corrected chi connectivity index (χ3v) is 4.40. The molecular weight excluding hydrogens is 320 g/mol. The highest BCUT2D eigenvalue weighted by Crippen LogP contribution is 2.30. The summed E-state index contributed by atoms with van der Waals surface area (Å²) in [5, 5.41) is 58.5. The van der Waals surface area contributed by atoms with Crippen molar-refractivity contribution in [3.63, 3.8) is 0 Å². The van der Waals surface area contributed by atoms with Gasteiger partial charge in [0.05, 0.1) is 23.9 Å². The van der Waals surface area contributed by atoms with Gasteiger partial charge in [0.15, 0.2) is 6.29 Å². The zero-order valence-electron chi connectivity index (χ0n) is 14.4. The van der Waals surface area contributed by atoms with Crippen molar-refractivity contribution in [2.24, 2.45) is 0 Å². The molecule has 7 atom stereocenters. The molecule has 0 amide bonds. The molecule has 1 heterocycles. The maximum absolute atomic E-state index is 10.0. The van der Waals surface area contributed by atoms with E-state index in [1.807, 2.05) is 0 Å². The molecule has 0 bridgehead atoms. The molecule has 8 heteroatoms. The van der Waals surface area contributed by atoms with Gasteiger partial charge in [0.2, 0.25) is 0 Å². The summed E-state index contributed by atoms with van der Waals surface area (Å²) in [6.45, 7) is 7.75. The van der Waals surface area contributed by atoms with Gasteiger partial charge < -0.3 is 40.1 Å². The first-order valence-electron chi connectivity index (χ1n) is 7.97. The van der Waals surface area contributed by atoms with Gasteiger partial charge in [0.1, 0.15) is 24.4 Å². The molecular formula is C16H30O8. The van der Waals surface area contributed by atoms with Crippen LogP contribution in [0.3, 0.4) is 0 Å². The summed E-state index contributed by atoms with van der Waals surface area (Å²) in [6.07, 6.45) is -5.93. The number of hydrogen-bond acceptors (Lipinski definition) is 8. The van der Waals surface area contributed by atoms with Crippen molar-refractivity contribution in [1.29, 1.82) is 0 Å². The van der Waals surface area contributed by atoms with E-state index in [1.54, 1.807) is 6.92 Å². The number of aliphatic hydroxyl groups excluding tert-OH is 5. The lowest BCUT2D eigenvalue weighted by molar-refractivity contribution is -0.320. The van der Waals surface area contributed by atoms with Gasteiger partial charge in [-0.2, -0.15) is 0 Å². The summed E-state index contributed by atoms with van der Waals surface area (Å²) < 4.78 is 11.0. The predicted molar refractivity (Wildman–Crippen MR) is 85.0 cm³/mol. The summed E-state index contributed by atoms with van der Waals surface area (Å²) in [4.78, 5) is 0. The molecule has 8 nitrogen and oxygen atoms in total. The van der Waals surface area contributed by atoms with E-state index < -0.39 is 54.6 Å². The summed E-state index contributed by atoms with van der Waals surface area (Å²) in [6, 6.07) is 0. The third-order valence-electron chi connectivity index (χ3n) is 4.40. The maximum atomic E-state index is 10.0. The summed E-state index contributed by atoms with van der Waals surface area (Å²) >= 11 is 0. The Hall–Kier alpha value is -0.580. The Bertz CT molecular complexity index is 407. The summed E-state index contributed by atoms with van der Waals surface area (Å²) in [5.41, 5.74) is -2.30. The van der Waals surface area contributed by atoms with E-state index in [-0.39, 0.29) is 12.8 Å². The first kappa shape index (κ1) is 21.5. The van der Waals surface area contributed by atoms with Gasteiger partial charge in [-0.1, -0.05) is 6.08 Å². The second-order valence-electron chi connectivity index (χ2n) is 7.04. The Morgan fingerprint density at radius 1 is 1.17 bits per heavy atom. The van der Waals surface area contributed by atoms with Gasteiger partial charge in [-0.15, -0.1) is 6.58 Å². The molecule has 0 aromatic heterocycles. The molecule has 1 aliphatic heterocycles. The van der Waals surface area contributed by atoms with Gasteiger partial charge in [0.25, 0.3) is 0 Å². The topological polar surface area (TPSA) is 140 Å². The van der Waals surface area contributed by atoms with E-state index in [2.05, 4.69) is 6.58 Å². The first-order chi connectivity index (χ1) is 10.9. The van der Waals surface area contributed by atoms with Crippen LogP contribution in [0.5, 0.6) is 0 Å². The summed E-state index contributed by atoms with van der Waals surface area (Å²) in [5.74, 6) is 0. The van der Waals surface area contributed by atoms with Crippen LogP contribution in [0, 0.1) is 0 Å². The number of ether oxygens (including phenoxy) is 2. The Morgan fingerprint density at radius 3 is 2.21 bits per heavy atom. The Labute approximate surface area is 142 Å². The van der Waals surface area contributed by atoms with Gasteiger partial charge in [0, 0.05) is 0 Å². The highest BCUT2D eigenvalue weighted by molar-refractivity contribution is 4.97. The fourth-order valence-corrected chi connectivity index (χ4v) is 2.42. The number of hydrogen-bond donors (Lipinski definition) is 6. The Balaban J connectivity index is 2.76. The normalized spacial score (nSPS) is 35.3. The molecule has 6 N–H and O–H groups in total. The monoisotopic (exact) mass is 350 g/mol. The van der Waals surface area contributed by atoms with Crippen LogP contribution in [0.4, 0.5) is 0 Å². The van der Waals surface area contributed by atoms with Gasteiger partial charge in [-0.3, -0.25) is 0 Å². The van der Waals surface area contributed by atoms with E-state index in [0.717, 1.165) is 0 Å². The number of rotatable bonds is 8. The fourth-order valence-electron chi connectivity index (χ4n) is 2.42. The Kier molecular flexibility index (Phi) is 7.33. The van der Waals surface area contributed by atoms with E-state index in [9.17, 15) is 30.6 Å². The van der Waals surface area contributed by atoms with Crippen molar-refractivity contribution in [2.45, 2.75) is 81.6 Å². The van der Waals surface area contributed by atoms with E-state index in [1.165, 1.54) is 19.9 Å². The minimum Gasteiger partial charge on any atom is -0.394 e. The molecule has 0 aromatic rings. The van der Waals surface area contributed by atoms with Crippen LogP contribution in [-0.2, 0) is 9.47 Å². The molecule has 0 aliphatic carbocycles. The van der Waals surface area contributed by atoms with Crippen molar-refractivity contribution >= 4 is 0 Å². The first-order valence-corrected chi connectivity index (χ1v) is 7.97. The van der Waals surface area contributed by atoms with Gasteiger partial charge >= 0.3 is 0 Å². The second-order valence-corrected chi connectivity index (χ2v) is 7.04. The molecule has 0 unspecified atom stereocenters. The molecule has 1 saturated heterocycles. The van der Waals surface area contributed by atoms with Crippen molar-refractivity contribution in [2.75, 3.05) is 6.61 Å². The van der Waals surface area contributed by atoms with Crippen LogP contribution in [0.2, 0.25) is 0 Å². The highest BCUT2D eigenvalue weighted by Gasteiger charge is 2.46. The average Bonchev–Trinajstić information content (AvgIpc) is 2.52. The molecule has 0 spiro atoms. The van der Waals surface area contributed by atoms with Gasteiger partial charge in [-0.05, 0) is 33.6 Å². The van der Waals surface area contributed by atoms with E-state index in [4.69, 9.17) is 9.47 Å². The maximum Gasteiger partial charge on any atom is 0.187 e. The van der Waals surface area contributed by atoms with Crippen molar-refractivity contribution in [3.05, 3.63) is 12.7 Å². The fraction of sp³-hybridized carbons (Fsp3) is 0.875. The zero-order valence-corrected chi connectivity index (χ0v) is 14.4. The molecule has 1 rings (SSSR count). The van der Waals surface area contributed by atoms with Crippen LogP contribution >= 0.6 is 0 Å². The molecule has 142 valence electrons. The highest BCUT2D eigenvalue weighted by atomic mass is 16.7. The van der Waals surface area contributed by atoms with E-state index >= 15 is 0 Å².